The number of carbonyl (C=O) groups is 2. The summed E-state index contributed by atoms with van der Waals surface area (Å²) >= 11 is 12.4. The van der Waals surface area contributed by atoms with Gasteiger partial charge >= 0.3 is 0 Å². The van der Waals surface area contributed by atoms with Crippen LogP contribution in [-0.4, -0.2) is 31.0 Å². The Labute approximate surface area is 206 Å². The molecule has 1 aliphatic heterocycles. The number of aryl methyl sites for hydroxylation is 1. The normalized spacial score (nSPS) is 17.2. The van der Waals surface area contributed by atoms with Gasteiger partial charge in [0, 0.05) is 10.7 Å². The van der Waals surface area contributed by atoms with Gasteiger partial charge in [-0.1, -0.05) is 53.0 Å². The lowest BCUT2D eigenvalue weighted by atomic mass is 9.94. The molecule has 3 aromatic carbocycles. The fourth-order valence-corrected chi connectivity index (χ4v) is 4.57. The summed E-state index contributed by atoms with van der Waals surface area (Å²) < 4.78 is 10.6. The fraction of sp³-hybridized carbons (Fsp3) is 0.154. The number of anilines is 1. The zero-order valence-corrected chi connectivity index (χ0v) is 20.1. The number of nitrogens with zero attached hydrogens (tertiary/aromatic N) is 1. The van der Waals surface area contributed by atoms with E-state index in [0.717, 1.165) is 5.56 Å². The molecule has 174 valence electrons. The molecule has 1 aliphatic rings. The molecule has 4 rings (SSSR count). The highest BCUT2D eigenvalue weighted by molar-refractivity contribution is 6.51. The van der Waals surface area contributed by atoms with Gasteiger partial charge in [-0.3, -0.25) is 14.5 Å². The first-order valence-electron chi connectivity index (χ1n) is 10.3. The number of aliphatic hydroxyl groups excluding tert-OH is 1. The number of hydrogen-bond donors (Lipinski definition) is 1. The minimum absolute atomic E-state index is 0.104. The van der Waals surface area contributed by atoms with Crippen molar-refractivity contribution in [2.24, 2.45) is 0 Å². The predicted octanol–water partition coefficient (Wildman–Crippen LogP) is 5.95. The van der Waals surface area contributed by atoms with E-state index >= 15 is 0 Å². The molecule has 1 N–H and O–H groups in total. The van der Waals surface area contributed by atoms with Gasteiger partial charge in [-0.05, 0) is 48.9 Å². The maximum atomic E-state index is 13.3. The summed E-state index contributed by atoms with van der Waals surface area (Å²) in [5.41, 5.74) is 2.13. The number of carbonyl (C=O) groups excluding carboxylic acids is 2. The number of halogens is 2. The highest BCUT2D eigenvalue weighted by atomic mass is 35.5. The maximum Gasteiger partial charge on any atom is 0.300 e. The lowest BCUT2D eigenvalue weighted by molar-refractivity contribution is -0.132. The molecule has 0 aliphatic carbocycles. The molecule has 34 heavy (non-hydrogen) atoms. The van der Waals surface area contributed by atoms with Crippen LogP contribution in [0.1, 0.15) is 22.7 Å². The first-order valence-corrected chi connectivity index (χ1v) is 11.1. The quantitative estimate of drug-likeness (QED) is 0.268. The molecule has 0 spiro atoms. The zero-order valence-electron chi connectivity index (χ0n) is 18.6. The van der Waals surface area contributed by atoms with Crippen molar-refractivity contribution < 1.29 is 24.2 Å². The van der Waals surface area contributed by atoms with E-state index in [4.69, 9.17) is 32.7 Å². The molecule has 0 aromatic heterocycles. The third-order valence-electron chi connectivity index (χ3n) is 5.66. The monoisotopic (exact) mass is 497 g/mol. The van der Waals surface area contributed by atoms with Crippen molar-refractivity contribution in [3.63, 3.8) is 0 Å². The highest BCUT2D eigenvalue weighted by Crippen LogP contribution is 2.45. The minimum atomic E-state index is -0.906. The second kappa shape index (κ2) is 9.41. The van der Waals surface area contributed by atoms with Gasteiger partial charge in [0.05, 0.1) is 36.4 Å². The maximum absolute atomic E-state index is 13.3. The zero-order chi connectivity index (χ0) is 24.6. The van der Waals surface area contributed by atoms with Crippen molar-refractivity contribution in [3.05, 3.63) is 93.0 Å². The molecule has 1 saturated heterocycles. The Balaban J connectivity index is 1.99. The number of amides is 1. The molecular weight excluding hydrogens is 477 g/mol. The molecule has 0 bridgehead atoms. The Bertz CT molecular complexity index is 1300. The van der Waals surface area contributed by atoms with Crippen LogP contribution in [0.5, 0.6) is 11.5 Å². The van der Waals surface area contributed by atoms with Crippen LogP contribution in [-0.2, 0) is 9.59 Å². The lowest BCUT2D eigenvalue weighted by Crippen LogP contribution is -2.29. The largest absolute Gasteiger partial charge is 0.507 e. The van der Waals surface area contributed by atoms with E-state index in [-0.39, 0.29) is 26.9 Å². The first-order chi connectivity index (χ1) is 16.3. The van der Waals surface area contributed by atoms with Crippen LogP contribution in [0.15, 0.2) is 66.2 Å². The molecule has 6 nitrogen and oxygen atoms in total. The van der Waals surface area contributed by atoms with Crippen molar-refractivity contribution in [1.82, 2.24) is 0 Å². The second-order valence-electron chi connectivity index (χ2n) is 7.75. The van der Waals surface area contributed by atoms with E-state index in [1.165, 1.54) is 24.1 Å². The molecule has 8 heteroatoms. The van der Waals surface area contributed by atoms with Gasteiger partial charge in [-0.2, -0.15) is 0 Å². The Kier molecular flexibility index (Phi) is 6.55. The smallest absolute Gasteiger partial charge is 0.300 e. The van der Waals surface area contributed by atoms with Crippen LogP contribution < -0.4 is 14.4 Å². The standard InChI is InChI=1S/C26H21Cl2NO5/c1-14-4-8-17(9-5-14)29-22(15-6-10-18(33-2)11-7-15)21(24(31)26(29)32)23(30)19-12-16(27)13-20(28)25(19)34-3/h4-13,22,30H,1-3H3/b23-21+. The third-order valence-corrected chi connectivity index (χ3v) is 6.15. The van der Waals surface area contributed by atoms with E-state index in [1.54, 1.807) is 43.5 Å². The van der Waals surface area contributed by atoms with Crippen molar-refractivity contribution in [2.75, 3.05) is 19.1 Å². The van der Waals surface area contributed by atoms with Crippen LogP contribution in [0, 0.1) is 6.92 Å². The summed E-state index contributed by atoms with van der Waals surface area (Å²) in [4.78, 5) is 27.9. The first kappa shape index (κ1) is 23.7. The summed E-state index contributed by atoms with van der Waals surface area (Å²) in [5.74, 6) is -1.29. The van der Waals surface area contributed by atoms with Gasteiger partial charge in [0.15, 0.2) is 0 Å². The molecule has 1 atom stereocenters. The Morgan fingerprint density at radius 3 is 2.18 bits per heavy atom. The SMILES string of the molecule is COc1ccc(C2/C(=C(\O)c3cc(Cl)cc(Cl)c3OC)C(=O)C(=O)N2c2ccc(C)cc2)cc1. The van der Waals surface area contributed by atoms with Crippen LogP contribution in [0.2, 0.25) is 10.0 Å². The van der Waals surface area contributed by atoms with Gasteiger partial charge < -0.3 is 14.6 Å². The summed E-state index contributed by atoms with van der Waals surface area (Å²) in [6.45, 7) is 1.92. The molecule has 0 radical (unpaired) electrons. The summed E-state index contributed by atoms with van der Waals surface area (Å²) in [5, 5.41) is 11.8. The number of Topliss-reactive ketones (excluding diaryl/α,β-unsaturated/α-hetero) is 1. The average Bonchev–Trinajstić information content (AvgIpc) is 3.09. The number of hydrogen-bond acceptors (Lipinski definition) is 5. The molecule has 0 saturated carbocycles. The molecule has 1 fully saturated rings. The van der Waals surface area contributed by atoms with Crippen LogP contribution in [0.4, 0.5) is 5.69 Å². The Hall–Kier alpha value is -3.48. The molecule has 1 amide bonds. The van der Waals surface area contributed by atoms with E-state index in [0.29, 0.717) is 17.0 Å². The predicted molar refractivity (Wildman–Crippen MR) is 132 cm³/mol. The van der Waals surface area contributed by atoms with Crippen molar-refractivity contribution in [3.8, 4) is 11.5 Å². The number of methoxy groups -OCH3 is 2. The van der Waals surface area contributed by atoms with Gasteiger partial charge in [0.2, 0.25) is 0 Å². The lowest BCUT2D eigenvalue weighted by Gasteiger charge is -2.26. The molecule has 1 heterocycles. The molecular formula is C26H21Cl2NO5. The number of aliphatic hydroxyl groups is 1. The van der Waals surface area contributed by atoms with Crippen LogP contribution in [0.3, 0.4) is 0 Å². The highest BCUT2D eigenvalue weighted by Gasteiger charge is 2.47. The average molecular weight is 498 g/mol. The number of benzene rings is 3. The van der Waals surface area contributed by atoms with E-state index in [9.17, 15) is 14.7 Å². The summed E-state index contributed by atoms with van der Waals surface area (Å²) in [6, 6.07) is 16.1. The van der Waals surface area contributed by atoms with Gasteiger partial charge in [-0.15, -0.1) is 0 Å². The van der Waals surface area contributed by atoms with Crippen LogP contribution >= 0.6 is 23.2 Å². The number of ether oxygens (including phenoxy) is 2. The van der Waals surface area contributed by atoms with Gasteiger partial charge in [0.1, 0.15) is 17.3 Å². The van der Waals surface area contributed by atoms with Crippen molar-refractivity contribution in [1.29, 1.82) is 0 Å². The topological polar surface area (TPSA) is 76.1 Å². The third kappa shape index (κ3) is 4.11. The van der Waals surface area contributed by atoms with Crippen LogP contribution in [0.25, 0.3) is 5.76 Å². The number of ketones is 1. The molecule has 3 aromatic rings. The summed E-state index contributed by atoms with van der Waals surface area (Å²) in [6.07, 6.45) is 0. The van der Waals surface area contributed by atoms with Crippen molar-refractivity contribution >= 4 is 46.3 Å². The van der Waals surface area contributed by atoms with Gasteiger partial charge in [-0.25, -0.2) is 0 Å². The number of rotatable bonds is 5. The fourth-order valence-electron chi connectivity index (χ4n) is 3.99. The van der Waals surface area contributed by atoms with E-state index in [2.05, 4.69) is 0 Å². The van der Waals surface area contributed by atoms with E-state index < -0.39 is 23.5 Å². The molecule has 1 unspecified atom stereocenters. The van der Waals surface area contributed by atoms with Gasteiger partial charge in [0.25, 0.3) is 11.7 Å². The summed E-state index contributed by atoms with van der Waals surface area (Å²) in [7, 11) is 2.93. The minimum Gasteiger partial charge on any atom is -0.507 e. The van der Waals surface area contributed by atoms with Crippen molar-refractivity contribution in [2.45, 2.75) is 13.0 Å². The van der Waals surface area contributed by atoms with E-state index in [1.807, 2.05) is 19.1 Å². The second-order valence-corrected chi connectivity index (χ2v) is 8.59. The Morgan fingerprint density at radius 2 is 1.59 bits per heavy atom. The Morgan fingerprint density at radius 1 is 0.941 bits per heavy atom.